The summed E-state index contributed by atoms with van der Waals surface area (Å²) in [5, 5.41) is 11.6. The van der Waals surface area contributed by atoms with Gasteiger partial charge >= 0.3 is 6.03 Å². The zero-order valence-corrected chi connectivity index (χ0v) is 13.5. The molecule has 2 amide bonds. The number of aliphatic hydroxyl groups excluding tert-OH is 1. The number of para-hydroxylation sites is 1. The molecule has 0 aliphatic rings. The van der Waals surface area contributed by atoms with Gasteiger partial charge in [-0.05, 0) is 12.1 Å². The lowest BCUT2D eigenvalue weighted by atomic mass is 10.2. The minimum Gasteiger partial charge on any atom is -0.491 e. The van der Waals surface area contributed by atoms with Gasteiger partial charge in [0.2, 0.25) is 0 Å². The highest BCUT2D eigenvalue weighted by atomic mass is 19.1. The van der Waals surface area contributed by atoms with E-state index in [1.54, 1.807) is 31.3 Å². The number of nitrogens with one attached hydrogen (secondary N) is 1. The van der Waals surface area contributed by atoms with Crippen molar-refractivity contribution in [2.24, 2.45) is 0 Å². The Morgan fingerprint density at radius 3 is 2.54 bits per heavy atom. The lowest BCUT2D eigenvalue weighted by Gasteiger charge is -2.19. The molecule has 6 heteroatoms. The molecule has 0 spiro atoms. The molecule has 0 atom stereocenters. The van der Waals surface area contributed by atoms with Crippen LogP contribution in [0, 0.1) is 5.82 Å². The highest BCUT2D eigenvalue weighted by Gasteiger charge is 2.12. The Kier molecular flexibility index (Phi) is 6.57. The molecule has 0 saturated carbocycles. The third-order valence-electron chi connectivity index (χ3n) is 3.46. The zero-order chi connectivity index (χ0) is 17.4. The number of ether oxygens (including phenoxy) is 1. The maximum atomic E-state index is 13.6. The molecular formula is C18H21FN2O3. The Balaban J connectivity index is 1.92. The van der Waals surface area contributed by atoms with Gasteiger partial charge in [-0.25, -0.2) is 9.18 Å². The number of aliphatic hydroxyl groups is 1. The van der Waals surface area contributed by atoms with E-state index < -0.39 is 0 Å². The van der Waals surface area contributed by atoms with E-state index in [9.17, 15) is 9.18 Å². The average molecular weight is 332 g/mol. The Bertz CT molecular complexity index is 679. The van der Waals surface area contributed by atoms with Crippen molar-refractivity contribution in [1.82, 2.24) is 10.2 Å². The topological polar surface area (TPSA) is 61.8 Å². The second-order valence-corrected chi connectivity index (χ2v) is 5.29. The number of rotatable bonds is 7. The molecule has 128 valence electrons. The first-order chi connectivity index (χ1) is 11.6. The fraction of sp³-hybridized carbons (Fsp3) is 0.278. The molecule has 0 aliphatic heterocycles. The number of hydrogen-bond acceptors (Lipinski definition) is 3. The van der Waals surface area contributed by atoms with E-state index in [2.05, 4.69) is 5.32 Å². The Morgan fingerprint density at radius 2 is 1.83 bits per heavy atom. The lowest BCUT2D eigenvalue weighted by molar-refractivity contribution is 0.198. The predicted octanol–water partition coefficient (Wildman–Crippen LogP) is 2.54. The zero-order valence-electron chi connectivity index (χ0n) is 13.5. The SMILES string of the molecule is CN(Cc1ccccc1F)C(=O)NCc1ccccc1OCCO. The molecule has 5 nitrogen and oxygen atoms in total. The molecule has 0 saturated heterocycles. The number of carbonyl (C=O) groups excluding carboxylic acids is 1. The second-order valence-electron chi connectivity index (χ2n) is 5.29. The number of hydrogen-bond donors (Lipinski definition) is 2. The van der Waals surface area contributed by atoms with Crippen LogP contribution in [0.3, 0.4) is 0 Å². The van der Waals surface area contributed by atoms with Gasteiger partial charge in [-0.2, -0.15) is 0 Å². The number of carbonyl (C=O) groups is 1. The second kappa shape index (κ2) is 8.88. The Labute approximate surface area is 140 Å². The minimum absolute atomic E-state index is 0.0773. The van der Waals surface area contributed by atoms with Gasteiger partial charge in [-0.15, -0.1) is 0 Å². The Morgan fingerprint density at radius 1 is 1.17 bits per heavy atom. The van der Waals surface area contributed by atoms with Crippen LogP contribution in [0.25, 0.3) is 0 Å². The molecule has 0 aromatic heterocycles. The van der Waals surface area contributed by atoms with E-state index in [-0.39, 0.29) is 38.2 Å². The van der Waals surface area contributed by atoms with E-state index in [0.717, 1.165) is 5.56 Å². The molecular weight excluding hydrogens is 311 g/mol. The third kappa shape index (κ3) is 4.96. The summed E-state index contributed by atoms with van der Waals surface area (Å²) in [6, 6.07) is 13.3. The van der Waals surface area contributed by atoms with Gasteiger partial charge in [0.05, 0.1) is 6.61 Å². The van der Waals surface area contributed by atoms with E-state index in [0.29, 0.717) is 11.3 Å². The van der Waals surface area contributed by atoms with Crippen molar-refractivity contribution in [2.75, 3.05) is 20.3 Å². The average Bonchev–Trinajstić information content (AvgIpc) is 2.60. The normalized spacial score (nSPS) is 10.3. The molecule has 24 heavy (non-hydrogen) atoms. The number of halogens is 1. The van der Waals surface area contributed by atoms with Crippen molar-refractivity contribution in [3.05, 3.63) is 65.5 Å². The van der Waals surface area contributed by atoms with E-state index >= 15 is 0 Å². The molecule has 0 aliphatic carbocycles. The standard InChI is InChI=1S/C18H21FN2O3/c1-21(13-15-7-2-4-8-16(15)19)18(23)20-12-14-6-3-5-9-17(14)24-11-10-22/h2-9,22H,10-13H2,1H3,(H,20,23). The van der Waals surface area contributed by atoms with Crippen LogP contribution < -0.4 is 10.1 Å². The molecule has 2 aromatic carbocycles. The van der Waals surface area contributed by atoms with Crippen LogP contribution in [0.2, 0.25) is 0 Å². The highest BCUT2D eigenvalue weighted by Crippen LogP contribution is 2.17. The summed E-state index contributed by atoms with van der Waals surface area (Å²) in [6.45, 7) is 0.577. The summed E-state index contributed by atoms with van der Waals surface area (Å²) in [5.74, 6) is 0.281. The van der Waals surface area contributed by atoms with Crippen molar-refractivity contribution >= 4 is 6.03 Å². The maximum absolute atomic E-state index is 13.6. The van der Waals surface area contributed by atoms with Crippen molar-refractivity contribution < 1.29 is 19.0 Å². The van der Waals surface area contributed by atoms with E-state index in [4.69, 9.17) is 9.84 Å². The summed E-state index contributed by atoms with van der Waals surface area (Å²) < 4.78 is 19.1. The third-order valence-corrected chi connectivity index (χ3v) is 3.46. The van der Waals surface area contributed by atoms with Gasteiger partial charge in [0.1, 0.15) is 18.2 Å². The van der Waals surface area contributed by atoms with Crippen LogP contribution in [0.5, 0.6) is 5.75 Å². The maximum Gasteiger partial charge on any atom is 0.317 e. The van der Waals surface area contributed by atoms with Crippen LogP contribution in [0.15, 0.2) is 48.5 Å². The number of benzene rings is 2. The molecule has 2 N–H and O–H groups in total. The molecule has 2 aromatic rings. The molecule has 0 bridgehead atoms. The van der Waals surface area contributed by atoms with Crippen LogP contribution in [-0.2, 0) is 13.1 Å². The number of urea groups is 1. The fourth-order valence-corrected chi connectivity index (χ4v) is 2.21. The van der Waals surface area contributed by atoms with Gasteiger partial charge < -0.3 is 20.1 Å². The fourth-order valence-electron chi connectivity index (χ4n) is 2.21. The van der Waals surface area contributed by atoms with Gasteiger partial charge in [-0.3, -0.25) is 0 Å². The summed E-state index contributed by atoms with van der Waals surface area (Å²) in [5.41, 5.74) is 1.26. The van der Waals surface area contributed by atoms with Crippen LogP contribution >= 0.6 is 0 Å². The monoisotopic (exact) mass is 332 g/mol. The Hall–Kier alpha value is -2.60. The van der Waals surface area contributed by atoms with E-state index in [1.807, 2.05) is 18.2 Å². The number of nitrogens with zero attached hydrogens (tertiary/aromatic N) is 1. The van der Waals surface area contributed by atoms with Gasteiger partial charge in [0.25, 0.3) is 0 Å². The van der Waals surface area contributed by atoms with Crippen molar-refractivity contribution in [1.29, 1.82) is 0 Å². The molecule has 0 radical (unpaired) electrons. The largest absolute Gasteiger partial charge is 0.491 e. The van der Waals surface area contributed by atoms with Crippen LogP contribution in [0.1, 0.15) is 11.1 Å². The summed E-state index contributed by atoms with van der Waals surface area (Å²) >= 11 is 0. The molecule has 0 fully saturated rings. The smallest absolute Gasteiger partial charge is 0.317 e. The highest BCUT2D eigenvalue weighted by molar-refractivity contribution is 5.74. The van der Waals surface area contributed by atoms with E-state index in [1.165, 1.54) is 11.0 Å². The van der Waals surface area contributed by atoms with Crippen molar-refractivity contribution in [3.63, 3.8) is 0 Å². The first-order valence-corrected chi connectivity index (χ1v) is 7.65. The quantitative estimate of drug-likeness (QED) is 0.819. The first-order valence-electron chi connectivity index (χ1n) is 7.65. The van der Waals surface area contributed by atoms with Gasteiger partial charge in [0.15, 0.2) is 0 Å². The van der Waals surface area contributed by atoms with Crippen LogP contribution in [-0.4, -0.2) is 36.3 Å². The van der Waals surface area contributed by atoms with Crippen LogP contribution in [0.4, 0.5) is 9.18 Å². The molecule has 0 unspecified atom stereocenters. The number of amides is 2. The van der Waals surface area contributed by atoms with Gasteiger partial charge in [0, 0.05) is 31.3 Å². The molecule has 2 rings (SSSR count). The van der Waals surface area contributed by atoms with Crippen molar-refractivity contribution in [2.45, 2.75) is 13.1 Å². The van der Waals surface area contributed by atoms with Crippen molar-refractivity contribution in [3.8, 4) is 5.75 Å². The summed E-state index contributed by atoms with van der Waals surface area (Å²) in [4.78, 5) is 13.6. The summed E-state index contributed by atoms with van der Waals surface area (Å²) in [7, 11) is 1.61. The lowest BCUT2D eigenvalue weighted by Crippen LogP contribution is -2.36. The minimum atomic E-state index is -0.333. The van der Waals surface area contributed by atoms with Gasteiger partial charge in [-0.1, -0.05) is 36.4 Å². The first kappa shape index (κ1) is 17.7. The predicted molar refractivity (Wildman–Crippen MR) is 89.1 cm³/mol. The molecule has 0 heterocycles. The summed E-state index contributed by atoms with van der Waals surface area (Å²) in [6.07, 6.45) is 0.